The van der Waals surface area contributed by atoms with Crippen molar-refractivity contribution in [3.63, 3.8) is 0 Å². The third-order valence-corrected chi connectivity index (χ3v) is 6.59. The zero-order valence-corrected chi connectivity index (χ0v) is 17.2. The van der Waals surface area contributed by atoms with Gasteiger partial charge in [0, 0.05) is 5.56 Å². The summed E-state index contributed by atoms with van der Waals surface area (Å²) in [5.41, 5.74) is 0.638. The molecule has 7 heteroatoms. The summed E-state index contributed by atoms with van der Waals surface area (Å²) in [4.78, 5) is 27.5. The summed E-state index contributed by atoms with van der Waals surface area (Å²) < 4.78 is 0. The number of hydrogen-bond donors (Lipinski definition) is 0. The highest BCUT2D eigenvalue weighted by molar-refractivity contribution is 6.65. The molecule has 1 aliphatic carbocycles. The van der Waals surface area contributed by atoms with Crippen LogP contribution in [0.3, 0.4) is 0 Å². The minimum Gasteiger partial charge on any atom is -0.291 e. The maximum atomic E-state index is 12.6. The summed E-state index contributed by atoms with van der Waals surface area (Å²) in [5.74, 6) is -1.11. The number of rotatable bonds is 1. The molecule has 1 aromatic carbocycles. The molecule has 0 spiro atoms. The summed E-state index contributed by atoms with van der Waals surface area (Å²) in [6.45, 7) is 7.19. The van der Waals surface area contributed by atoms with Crippen LogP contribution in [0.5, 0.6) is 0 Å². The first-order valence-corrected chi connectivity index (χ1v) is 9.11. The number of nitrogens with zero attached hydrogens (tertiary/aromatic N) is 1. The van der Waals surface area contributed by atoms with E-state index in [2.05, 4.69) is 4.99 Å². The van der Waals surface area contributed by atoms with Crippen molar-refractivity contribution in [2.45, 2.75) is 37.9 Å². The second kappa shape index (κ2) is 7.03. The molecule has 0 N–H and O–H groups in total. The monoisotopic (exact) mass is 419 g/mol. The number of Topliss-reactive ketones (excluding diaryl/α,β-unsaturated/α-hetero) is 1. The van der Waals surface area contributed by atoms with Crippen LogP contribution in [0.15, 0.2) is 39.3 Å². The second-order valence-electron chi connectivity index (χ2n) is 6.95. The molecule has 0 bridgehead atoms. The molecule has 0 aliphatic heterocycles. The first-order valence-electron chi connectivity index (χ1n) is 7.54. The van der Waals surface area contributed by atoms with Crippen molar-refractivity contribution in [3.05, 3.63) is 45.5 Å². The van der Waals surface area contributed by atoms with Crippen LogP contribution in [-0.2, 0) is 4.79 Å². The number of amides is 1. The summed E-state index contributed by atoms with van der Waals surface area (Å²) >= 11 is 25.3. The lowest BCUT2D eigenvalue weighted by molar-refractivity contribution is -0.119. The van der Waals surface area contributed by atoms with E-state index >= 15 is 0 Å². The first-order chi connectivity index (χ1) is 11.4. The van der Waals surface area contributed by atoms with Gasteiger partial charge in [0.2, 0.25) is 0 Å². The molecular weight excluding hydrogens is 404 g/mol. The van der Waals surface area contributed by atoms with Crippen LogP contribution >= 0.6 is 46.4 Å². The van der Waals surface area contributed by atoms with Gasteiger partial charge in [-0.2, -0.15) is 0 Å². The predicted molar refractivity (Wildman–Crippen MR) is 104 cm³/mol. The number of allylic oxidation sites excluding steroid dienone is 2. The molecule has 134 valence electrons. The average molecular weight is 421 g/mol. The molecule has 2 rings (SSSR count). The minimum atomic E-state index is -1.57. The zero-order chi connectivity index (χ0) is 19.2. The van der Waals surface area contributed by atoms with Gasteiger partial charge in [-0.15, -0.1) is 23.2 Å². The summed E-state index contributed by atoms with van der Waals surface area (Å²) in [6, 6.07) is 6.88. The van der Waals surface area contributed by atoms with E-state index in [4.69, 9.17) is 46.4 Å². The van der Waals surface area contributed by atoms with Gasteiger partial charge in [0.15, 0.2) is 5.78 Å². The fourth-order valence-corrected chi connectivity index (χ4v) is 3.85. The van der Waals surface area contributed by atoms with E-state index in [1.54, 1.807) is 45.0 Å². The van der Waals surface area contributed by atoms with E-state index in [0.717, 1.165) is 5.56 Å². The van der Waals surface area contributed by atoms with Crippen LogP contribution in [0, 0.1) is 12.3 Å². The average Bonchev–Trinajstić information content (AvgIpc) is 2.54. The number of carbonyl (C=O) groups excluding carboxylic acids is 2. The quantitative estimate of drug-likeness (QED) is 0.564. The molecule has 1 amide bonds. The van der Waals surface area contributed by atoms with Crippen LogP contribution in [0.4, 0.5) is 0 Å². The Kier molecular flexibility index (Phi) is 5.75. The largest absolute Gasteiger partial charge is 0.291 e. The van der Waals surface area contributed by atoms with Crippen molar-refractivity contribution < 1.29 is 9.59 Å². The molecule has 1 aromatic rings. The Morgan fingerprint density at radius 2 is 1.64 bits per heavy atom. The van der Waals surface area contributed by atoms with Crippen LogP contribution in [-0.4, -0.2) is 27.7 Å². The van der Waals surface area contributed by atoms with Gasteiger partial charge in [-0.3, -0.25) is 9.59 Å². The third kappa shape index (κ3) is 3.52. The normalized spacial score (nSPS) is 26.3. The number of benzene rings is 1. The predicted octanol–water partition coefficient (Wildman–Crippen LogP) is 5.48. The summed E-state index contributed by atoms with van der Waals surface area (Å²) in [5, 5.41) is -1.52. The smallest absolute Gasteiger partial charge is 0.277 e. The Morgan fingerprint density at radius 3 is 2.12 bits per heavy atom. The maximum Gasteiger partial charge on any atom is 0.277 e. The van der Waals surface area contributed by atoms with Crippen molar-refractivity contribution in [1.82, 2.24) is 0 Å². The molecule has 0 saturated heterocycles. The first kappa shape index (κ1) is 20.4. The third-order valence-electron chi connectivity index (χ3n) is 4.15. The van der Waals surface area contributed by atoms with Crippen molar-refractivity contribution in [3.8, 4) is 0 Å². The molecule has 3 nitrogen and oxygen atoms in total. The number of ketones is 1. The molecule has 2 atom stereocenters. The molecule has 0 fully saturated rings. The zero-order valence-electron chi connectivity index (χ0n) is 14.2. The molecule has 0 radical (unpaired) electrons. The standard InChI is InChI=1S/C18H17Cl4NO2/c1-9-5-7-10(8-6-9)16(25)23-13-11(19)12(20)15(24)18(22,14(13)21)17(2,3)4/h5-8,14H,1-4H3/t14-,18-/m1/s1. The van der Waals surface area contributed by atoms with E-state index in [9.17, 15) is 9.59 Å². The van der Waals surface area contributed by atoms with Crippen LogP contribution in [0.2, 0.25) is 0 Å². The molecule has 25 heavy (non-hydrogen) atoms. The molecule has 0 saturated carbocycles. The lowest BCUT2D eigenvalue weighted by Gasteiger charge is -2.43. The Hall–Kier alpha value is -0.870. The van der Waals surface area contributed by atoms with E-state index in [1.165, 1.54) is 0 Å². The SMILES string of the molecule is Cc1ccc(C(=O)N=C2C(Cl)=C(Cl)C(=O)[C@@](Cl)(C(C)(C)C)[C@@H]2Cl)cc1. The Bertz CT molecular complexity index is 790. The van der Waals surface area contributed by atoms with E-state index in [0.29, 0.717) is 5.56 Å². The highest BCUT2D eigenvalue weighted by atomic mass is 35.5. The maximum absolute atomic E-state index is 12.6. The number of alkyl halides is 2. The van der Waals surface area contributed by atoms with Crippen molar-refractivity contribution in [2.24, 2.45) is 10.4 Å². The van der Waals surface area contributed by atoms with Crippen LogP contribution < -0.4 is 0 Å². The number of halogens is 4. The fraction of sp³-hybridized carbons (Fsp3) is 0.389. The molecule has 0 heterocycles. The Balaban J connectivity index is 2.57. The van der Waals surface area contributed by atoms with Gasteiger partial charge in [-0.1, -0.05) is 61.7 Å². The second-order valence-corrected chi connectivity index (χ2v) is 8.74. The number of aliphatic imine (C=N–C) groups is 1. The lowest BCUT2D eigenvalue weighted by atomic mass is 9.71. The van der Waals surface area contributed by atoms with Crippen LogP contribution in [0.25, 0.3) is 0 Å². The summed E-state index contributed by atoms with van der Waals surface area (Å²) in [6.07, 6.45) is 0. The van der Waals surface area contributed by atoms with E-state index in [-0.39, 0.29) is 15.8 Å². The number of aryl methyl sites for hydroxylation is 1. The van der Waals surface area contributed by atoms with Gasteiger partial charge in [0.05, 0.1) is 10.7 Å². The van der Waals surface area contributed by atoms with Gasteiger partial charge in [-0.25, -0.2) is 4.99 Å². The van der Waals surface area contributed by atoms with Gasteiger partial charge >= 0.3 is 0 Å². The number of carbonyl (C=O) groups is 2. The lowest BCUT2D eigenvalue weighted by Crippen LogP contribution is -2.57. The fourth-order valence-electron chi connectivity index (χ4n) is 2.48. The van der Waals surface area contributed by atoms with Crippen molar-refractivity contribution in [1.29, 1.82) is 0 Å². The molecular formula is C18H17Cl4NO2. The molecule has 0 aromatic heterocycles. The van der Waals surface area contributed by atoms with E-state index in [1.807, 2.05) is 6.92 Å². The Labute approximate surface area is 167 Å². The van der Waals surface area contributed by atoms with Gasteiger partial charge in [0.1, 0.15) is 15.3 Å². The van der Waals surface area contributed by atoms with E-state index < -0.39 is 27.4 Å². The minimum absolute atomic E-state index is 0.00318. The highest BCUT2D eigenvalue weighted by Crippen LogP contribution is 2.49. The topological polar surface area (TPSA) is 46.5 Å². The Morgan fingerprint density at radius 1 is 1.12 bits per heavy atom. The molecule has 0 unspecified atom stereocenters. The van der Waals surface area contributed by atoms with Crippen molar-refractivity contribution >= 4 is 63.8 Å². The summed E-state index contributed by atoms with van der Waals surface area (Å²) in [7, 11) is 0. The van der Waals surface area contributed by atoms with Crippen molar-refractivity contribution in [2.75, 3.05) is 0 Å². The highest BCUT2D eigenvalue weighted by Gasteiger charge is 2.58. The number of hydrogen-bond acceptors (Lipinski definition) is 2. The van der Waals surface area contributed by atoms with Gasteiger partial charge in [0.25, 0.3) is 5.91 Å². The van der Waals surface area contributed by atoms with Gasteiger partial charge < -0.3 is 0 Å². The molecule has 1 aliphatic rings. The van der Waals surface area contributed by atoms with Crippen LogP contribution in [0.1, 0.15) is 36.7 Å². The van der Waals surface area contributed by atoms with Gasteiger partial charge in [-0.05, 0) is 24.5 Å².